The van der Waals surface area contributed by atoms with E-state index in [2.05, 4.69) is 24.4 Å². The number of anilines is 1. The Morgan fingerprint density at radius 1 is 1.07 bits per heavy atom. The highest BCUT2D eigenvalue weighted by Crippen LogP contribution is 2.33. The molecule has 3 rings (SSSR count). The van der Waals surface area contributed by atoms with Crippen LogP contribution in [0.4, 0.5) is 5.69 Å². The van der Waals surface area contributed by atoms with Gasteiger partial charge in [0.15, 0.2) is 0 Å². The van der Waals surface area contributed by atoms with E-state index in [0.717, 1.165) is 38.0 Å². The van der Waals surface area contributed by atoms with Crippen LogP contribution in [0, 0.1) is 11.8 Å². The number of nitrogens with one attached hydrogen (secondary N) is 1. The number of para-hydroxylation sites is 1. The fourth-order valence-electron chi connectivity index (χ4n) is 4.32. The number of sulfonamides is 1. The van der Waals surface area contributed by atoms with Gasteiger partial charge in [0.25, 0.3) is 0 Å². The molecule has 27 heavy (non-hydrogen) atoms. The standard InChI is InChI=1S/C22H30N2O2S/c1-18(16-19-10-5-3-6-11-19)22(20-12-9-15-23-17-20)24(27(2,25)26)21-13-7-4-8-14-21/h3-8,10-11,13-14,18,20,22-23H,9,12,15-17H2,1-2H3. The minimum atomic E-state index is -3.40. The first-order valence-electron chi connectivity index (χ1n) is 9.76. The molecule has 0 aromatic heterocycles. The Bertz CT molecular complexity index is 803. The van der Waals surface area contributed by atoms with Crippen molar-refractivity contribution in [2.45, 2.75) is 32.2 Å². The van der Waals surface area contributed by atoms with Crippen LogP contribution in [0.5, 0.6) is 0 Å². The van der Waals surface area contributed by atoms with Gasteiger partial charge in [-0.05, 0) is 61.9 Å². The molecule has 0 aliphatic carbocycles. The molecule has 1 saturated heterocycles. The second kappa shape index (κ2) is 8.89. The molecule has 0 spiro atoms. The summed E-state index contributed by atoms with van der Waals surface area (Å²) in [5, 5.41) is 3.47. The third-order valence-electron chi connectivity index (χ3n) is 5.44. The fraction of sp³-hybridized carbons (Fsp3) is 0.455. The first kappa shape index (κ1) is 19.9. The van der Waals surface area contributed by atoms with Gasteiger partial charge in [-0.3, -0.25) is 4.31 Å². The predicted molar refractivity (Wildman–Crippen MR) is 112 cm³/mol. The largest absolute Gasteiger partial charge is 0.316 e. The first-order valence-corrected chi connectivity index (χ1v) is 11.6. The molecule has 0 radical (unpaired) electrons. The number of hydrogen-bond donors (Lipinski definition) is 1. The van der Waals surface area contributed by atoms with Crippen LogP contribution in [-0.4, -0.2) is 33.8 Å². The maximum Gasteiger partial charge on any atom is 0.232 e. The monoisotopic (exact) mass is 386 g/mol. The van der Waals surface area contributed by atoms with E-state index in [9.17, 15) is 8.42 Å². The van der Waals surface area contributed by atoms with Gasteiger partial charge in [0.05, 0.1) is 18.0 Å². The lowest BCUT2D eigenvalue weighted by Gasteiger charge is -2.42. The van der Waals surface area contributed by atoms with Crippen LogP contribution in [-0.2, 0) is 16.4 Å². The van der Waals surface area contributed by atoms with Crippen LogP contribution >= 0.6 is 0 Å². The summed E-state index contributed by atoms with van der Waals surface area (Å²) < 4.78 is 27.4. The molecule has 3 atom stereocenters. The van der Waals surface area contributed by atoms with Crippen molar-refractivity contribution in [3.05, 3.63) is 66.2 Å². The SMILES string of the molecule is CC(Cc1ccccc1)C(C1CCCNC1)N(c1ccccc1)S(C)(=O)=O. The van der Waals surface area contributed by atoms with Gasteiger partial charge >= 0.3 is 0 Å². The fourth-order valence-corrected chi connectivity index (χ4v) is 5.65. The van der Waals surface area contributed by atoms with E-state index in [-0.39, 0.29) is 12.0 Å². The van der Waals surface area contributed by atoms with Crippen molar-refractivity contribution in [1.82, 2.24) is 5.32 Å². The Kier molecular flexibility index (Phi) is 6.55. The summed E-state index contributed by atoms with van der Waals surface area (Å²) in [7, 11) is -3.40. The highest BCUT2D eigenvalue weighted by molar-refractivity contribution is 7.92. The van der Waals surface area contributed by atoms with E-state index in [4.69, 9.17) is 0 Å². The van der Waals surface area contributed by atoms with Crippen LogP contribution in [0.25, 0.3) is 0 Å². The third-order valence-corrected chi connectivity index (χ3v) is 6.61. The average molecular weight is 387 g/mol. The Hall–Kier alpha value is -1.85. The number of rotatable bonds is 7. The minimum Gasteiger partial charge on any atom is -0.316 e. The molecule has 1 N–H and O–H groups in total. The maximum atomic E-state index is 12.9. The van der Waals surface area contributed by atoms with E-state index in [0.29, 0.717) is 5.92 Å². The topological polar surface area (TPSA) is 49.4 Å². The lowest BCUT2D eigenvalue weighted by atomic mass is 9.81. The number of benzene rings is 2. The van der Waals surface area contributed by atoms with E-state index >= 15 is 0 Å². The van der Waals surface area contributed by atoms with Crippen molar-refractivity contribution in [3.63, 3.8) is 0 Å². The summed E-state index contributed by atoms with van der Waals surface area (Å²) in [6.45, 7) is 4.07. The molecule has 0 bridgehead atoms. The van der Waals surface area contributed by atoms with Gasteiger partial charge in [-0.1, -0.05) is 55.5 Å². The third kappa shape index (κ3) is 5.11. The van der Waals surface area contributed by atoms with Gasteiger partial charge in [0, 0.05) is 0 Å². The van der Waals surface area contributed by atoms with Crippen LogP contribution in [0.15, 0.2) is 60.7 Å². The number of hydrogen-bond acceptors (Lipinski definition) is 3. The molecule has 4 nitrogen and oxygen atoms in total. The van der Waals surface area contributed by atoms with E-state index in [1.807, 2.05) is 48.5 Å². The van der Waals surface area contributed by atoms with Gasteiger partial charge in [-0.25, -0.2) is 8.42 Å². The van der Waals surface area contributed by atoms with Crippen molar-refractivity contribution >= 4 is 15.7 Å². The Labute approximate surface area is 163 Å². The summed E-state index contributed by atoms with van der Waals surface area (Å²) in [6.07, 6.45) is 4.33. The van der Waals surface area contributed by atoms with Gasteiger partial charge in [-0.15, -0.1) is 0 Å². The first-order chi connectivity index (χ1) is 13.0. The van der Waals surface area contributed by atoms with Crippen LogP contribution < -0.4 is 9.62 Å². The van der Waals surface area contributed by atoms with Crippen LogP contribution in [0.1, 0.15) is 25.3 Å². The van der Waals surface area contributed by atoms with Gasteiger partial charge in [-0.2, -0.15) is 0 Å². The number of nitrogens with zero attached hydrogens (tertiary/aromatic N) is 1. The summed E-state index contributed by atoms with van der Waals surface area (Å²) >= 11 is 0. The highest BCUT2D eigenvalue weighted by Gasteiger charge is 2.37. The molecular formula is C22H30N2O2S. The zero-order valence-electron chi connectivity index (χ0n) is 16.2. The normalized spacial score (nSPS) is 20.0. The minimum absolute atomic E-state index is 0.0737. The molecule has 5 heteroatoms. The van der Waals surface area contributed by atoms with E-state index in [1.54, 1.807) is 4.31 Å². The summed E-state index contributed by atoms with van der Waals surface area (Å²) in [5.74, 6) is 0.500. The molecule has 1 aliphatic rings. The predicted octanol–water partition coefficient (Wildman–Crippen LogP) is 3.70. The molecule has 2 aromatic rings. The molecule has 2 aromatic carbocycles. The van der Waals surface area contributed by atoms with Crippen molar-refractivity contribution in [3.8, 4) is 0 Å². The second-order valence-electron chi connectivity index (χ2n) is 7.66. The van der Waals surface area contributed by atoms with Crippen LogP contribution in [0.3, 0.4) is 0 Å². The van der Waals surface area contributed by atoms with E-state index < -0.39 is 10.0 Å². The molecular weight excluding hydrogens is 356 g/mol. The summed E-state index contributed by atoms with van der Waals surface area (Å²) in [4.78, 5) is 0. The van der Waals surface area contributed by atoms with Crippen molar-refractivity contribution in [2.75, 3.05) is 23.7 Å². The molecule has 146 valence electrons. The van der Waals surface area contributed by atoms with Crippen LogP contribution in [0.2, 0.25) is 0 Å². The second-order valence-corrected chi connectivity index (χ2v) is 9.52. The summed E-state index contributed by atoms with van der Waals surface area (Å²) in [6, 6.07) is 19.8. The molecule has 1 aliphatic heterocycles. The molecule has 1 fully saturated rings. The number of piperidine rings is 1. The molecule has 0 saturated carbocycles. The smallest absolute Gasteiger partial charge is 0.232 e. The van der Waals surface area contributed by atoms with Crippen molar-refractivity contribution < 1.29 is 8.42 Å². The molecule has 0 amide bonds. The Morgan fingerprint density at radius 2 is 1.70 bits per heavy atom. The molecule has 3 unspecified atom stereocenters. The molecule has 1 heterocycles. The lowest BCUT2D eigenvalue weighted by molar-refractivity contribution is 0.268. The zero-order valence-corrected chi connectivity index (χ0v) is 17.0. The summed E-state index contributed by atoms with van der Waals surface area (Å²) in [5.41, 5.74) is 2.01. The van der Waals surface area contributed by atoms with Gasteiger partial charge in [0.2, 0.25) is 10.0 Å². The average Bonchev–Trinajstić information content (AvgIpc) is 2.67. The lowest BCUT2D eigenvalue weighted by Crippen LogP contribution is -2.52. The van der Waals surface area contributed by atoms with Gasteiger partial charge in [0.1, 0.15) is 0 Å². The van der Waals surface area contributed by atoms with Crippen molar-refractivity contribution in [2.24, 2.45) is 11.8 Å². The quantitative estimate of drug-likeness (QED) is 0.789. The zero-order chi connectivity index (χ0) is 19.3. The van der Waals surface area contributed by atoms with Crippen molar-refractivity contribution in [1.29, 1.82) is 0 Å². The Balaban J connectivity index is 1.98. The maximum absolute atomic E-state index is 12.9. The Morgan fingerprint density at radius 3 is 2.26 bits per heavy atom. The highest BCUT2D eigenvalue weighted by atomic mass is 32.2. The van der Waals surface area contributed by atoms with E-state index in [1.165, 1.54) is 11.8 Å². The van der Waals surface area contributed by atoms with Gasteiger partial charge < -0.3 is 5.32 Å².